The highest BCUT2D eigenvalue weighted by atomic mass is 32.3. The second-order valence-corrected chi connectivity index (χ2v) is 7.96. The number of alkyl halides is 3. The van der Waals surface area contributed by atoms with E-state index in [0.29, 0.717) is 5.56 Å². The van der Waals surface area contributed by atoms with Crippen LogP contribution in [0.15, 0.2) is 69.3 Å². The first-order chi connectivity index (χ1) is 9.44. The lowest BCUT2D eigenvalue weighted by molar-refractivity contribution is -0.0830. The van der Waals surface area contributed by atoms with Gasteiger partial charge in [-0.1, -0.05) is 36.4 Å². The molecule has 1 aliphatic heterocycles. The van der Waals surface area contributed by atoms with Crippen molar-refractivity contribution >= 4 is 16.1 Å². The minimum Gasteiger partial charge on any atom is -0.166 e. The molecule has 1 unspecified atom stereocenters. The fraction of sp³-hybridized carbons (Fsp3) is 0.125. The van der Waals surface area contributed by atoms with Gasteiger partial charge >= 0.3 is 6.18 Å². The summed E-state index contributed by atoms with van der Waals surface area (Å²) in [7, 11) is -2.20. The van der Waals surface area contributed by atoms with Crippen molar-refractivity contribution in [3.05, 3.63) is 65.1 Å². The second-order valence-electron chi connectivity index (χ2n) is 4.78. The molecule has 0 spiro atoms. The van der Waals surface area contributed by atoms with Crippen molar-refractivity contribution in [2.75, 3.05) is 6.26 Å². The Hall–Kier alpha value is -1.68. The number of benzene rings is 2. The third-order valence-corrected chi connectivity index (χ3v) is 7.27. The van der Waals surface area contributed by atoms with Gasteiger partial charge in [0.25, 0.3) is 0 Å². The lowest BCUT2D eigenvalue weighted by Crippen LogP contribution is -2.16. The van der Waals surface area contributed by atoms with E-state index in [0.717, 1.165) is 9.79 Å². The van der Waals surface area contributed by atoms with E-state index in [1.165, 1.54) is 6.08 Å². The molecule has 0 saturated carbocycles. The van der Waals surface area contributed by atoms with E-state index in [4.69, 9.17) is 0 Å². The van der Waals surface area contributed by atoms with Crippen LogP contribution >= 0.6 is 10.0 Å². The summed E-state index contributed by atoms with van der Waals surface area (Å²) in [4.78, 5) is 1.12. The van der Waals surface area contributed by atoms with Crippen LogP contribution in [-0.2, 0) is 0 Å². The van der Waals surface area contributed by atoms with Gasteiger partial charge < -0.3 is 0 Å². The Balaban J connectivity index is 2.28. The van der Waals surface area contributed by atoms with Gasteiger partial charge in [-0.15, -0.1) is 0 Å². The summed E-state index contributed by atoms with van der Waals surface area (Å²) in [6.45, 7) is 0. The van der Waals surface area contributed by atoms with Gasteiger partial charge in [-0.05, 0) is 41.0 Å². The molecule has 0 N–H and O–H groups in total. The normalized spacial score (nSPS) is 24.7. The molecule has 0 nitrogen and oxygen atoms in total. The number of allylic oxidation sites excluding steroid dienone is 1. The van der Waals surface area contributed by atoms with E-state index in [1.54, 1.807) is 48.7 Å². The third kappa shape index (κ3) is 1.86. The Morgan fingerprint density at radius 2 is 1.45 bits per heavy atom. The fourth-order valence-corrected chi connectivity index (χ4v) is 5.83. The summed E-state index contributed by atoms with van der Waals surface area (Å²) in [6, 6.07) is 16.1. The van der Waals surface area contributed by atoms with Gasteiger partial charge in [0.1, 0.15) is 0 Å². The van der Waals surface area contributed by atoms with Crippen LogP contribution < -0.4 is 0 Å². The highest BCUT2D eigenvalue weighted by molar-refractivity contribution is 8.36. The average molecular weight is 294 g/mol. The van der Waals surface area contributed by atoms with E-state index < -0.39 is 21.1 Å². The SMILES string of the molecule is CS1(c2ccccc2)C(C(F)(F)F)=Cc2ccccc21. The molecule has 1 atom stereocenters. The van der Waals surface area contributed by atoms with Crippen LogP contribution in [0, 0.1) is 0 Å². The number of halogens is 3. The number of hydrogen-bond donors (Lipinski definition) is 0. The van der Waals surface area contributed by atoms with Crippen LogP contribution in [0.4, 0.5) is 13.2 Å². The van der Waals surface area contributed by atoms with E-state index in [2.05, 4.69) is 0 Å². The summed E-state index contributed by atoms with van der Waals surface area (Å²) in [5.41, 5.74) is 0.682. The molecule has 1 heterocycles. The highest BCUT2D eigenvalue weighted by Crippen LogP contribution is 2.73. The van der Waals surface area contributed by atoms with Gasteiger partial charge in [-0.3, -0.25) is 0 Å². The van der Waals surface area contributed by atoms with Crippen LogP contribution in [0.5, 0.6) is 0 Å². The van der Waals surface area contributed by atoms with Crippen LogP contribution in [0.3, 0.4) is 0 Å². The monoisotopic (exact) mass is 294 g/mol. The topological polar surface area (TPSA) is 0 Å². The Labute approximate surface area is 117 Å². The van der Waals surface area contributed by atoms with E-state index in [-0.39, 0.29) is 0 Å². The third-order valence-electron chi connectivity index (χ3n) is 3.58. The van der Waals surface area contributed by atoms with Crippen LogP contribution in [0.2, 0.25) is 0 Å². The summed E-state index contributed by atoms with van der Waals surface area (Å²) >= 11 is 0. The smallest absolute Gasteiger partial charge is 0.166 e. The molecule has 3 rings (SSSR count). The van der Waals surface area contributed by atoms with Crippen molar-refractivity contribution in [3.63, 3.8) is 0 Å². The maximum Gasteiger partial charge on any atom is 0.421 e. The van der Waals surface area contributed by atoms with Crippen molar-refractivity contribution in [2.24, 2.45) is 0 Å². The van der Waals surface area contributed by atoms with E-state index in [1.807, 2.05) is 12.1 Å². The molecule has 0 fully saturated rings. The lowest BCUT2D eigenvalue weighted by atomic mass is 10.2. The Morgan fingerprint density at radius 3 is 2.10 bits per heavy atom. The van der Waals surface area contributed by atoms with Crippen LogP contribution in [0.1, 0.15) is 5.56 Å². The van der Waals surface area contributed by atoms with Crippen molar-refractivity contribution in [2.45, 2.75) is 16.0 Å². The standard InChI is InChI=1S/C16H13F3S/c1-20(13-8-3-2-4-9-13)14-10-6-5-7-12(14)11-15(20)16(17,18)19/h2-11H,1H3. The predicted octanol–water partition coefficient (Wildman–Crippen LogP) is 5.46. The second kappa shape index (κ2) is 4.42. The molecule has 2 aromatic carbocycles. The van der Waals surface area contributed by atoms with Gasteiger partial charge in [0.2, 0.25) is 0 Å². The molecule has 0 radical (unpaired) electrons. The number of rotatable bonds is 1. The predicted molar refractivity (Wildman–Crippen MR) is 77.0 cm³/mol. The minimum atomic E-state index is -4.31. The molecular weight excluding hydrogens is 281 g/mol. The van der Waals surface area contributed by atoms with Gasteiger partial charge in [-0.2, -0.15) is 23.2 Å². The molecule has 0 aromatic heterocycles. The van der Waals surface area contributed by atoms with Crippen molar-refractivity contribution in [3.8, 4) is 0 Å². The molecule has 20 heavy (non-hydrogen) atoms. The molecule has 4 heteroatoms. The molecule has 0 aliphatic carbocycles. The molecule has 1 aliphatic rings. The van der Waals surface area contributed by atoms with Gasteiger partial charge in [0, 0.05) is 4.90 Å². The Morgan fingerprint density at radius 1 is 0.850 bits per heavy atom. The van der Waals surface area contributed by atoms with Gasteiger partial charge in [0.15, 0.2) is 0 Å². The lowest BCUT2D eigenvalue weighted by Gasteiger charge is -2.36. The largest absolute Gasteiger partial charge is 0.421 e. The molecule has 0 amide bonds. The maximum absolute atomic E-state index is 13.5. The molecule has 0 bridgehead atoms. The zero-order valence-electron chi connectivity index (χ0n) is 10.8. The average Bonchev–Trinajstić information content (AvgIpc) is 2.75. The molecule has 2 aromatic rings. The number of fused-ring (bicyclic) bond motifs is 1. The Kier molecular flexibility index (Phi) is 2.94. The first-order valence-corrected chi connectivity index (χ1v) is 8.19. The highest BCUT2D eigenvalue weighted by Gasteiger charge is 2.48. The Bertz CT molecular complexity index is 674. The first kappa shape index (κ1) is 13.3. The maximum atomic E-state index is 13.5. The number of hydrogen-bond acceptors (Lipinski definition) is 0. The van der Waals surface area contributed by atoms with E-state index in [9.17, 15) is 13.2 Å². The summed E-state index contributed by atoms with van der Waals surface area (Å²) in [5, 5.41) is 0. The summed E-state index contributed by atoms with van der Waals surface area (Å²) in [6.07, 6.45) is -1.27. The van der Waals surface area contributed by atoms with Crippen molar-refractivity contribution in [1.29, 1.82) is 0 Å². The van der Waals surface area contributed by atoms with Crippen molar-refractivity contribution in [1.82, 2.24) is 0 Å². The zero-order chi connectivity index (χ0) is 14.4. The minimum absolute atomic E-state index is 0.419. The molecular formula is C16H13F3S. The molecule has 104 valence electrons. The molecule has 0 saturated heterocycles. The first-order valence-electron chi connectivity index (χ1n) is 6.15. The fourth-order valence-electron chi connectivity index (χ4n) is 2.61. The summed E-state index contributed by atoms with van der Waals surface area (Å²) < 4.78 is 40.4. The van der Waals surface area contributed by atoms with E-state index >= 15 is 0 Å². The van der Waals surface area contributed by atoms with Crippen LogP contribution in [-0.4, -0.2) is 12.4 Å². The van der Waals surface area contributed by atoms with Gasteiger partial charge in [0.05, 0.1) is 4.91 Å². The van der Waals surface area contributed by atoms with Crippen LogP contribution in [0.25, 0.3) is 6.08 Å². The zero-order valence-corrected chi connectivity index (χ0v) is 11.6. The quantitative estimate of drug-likeness (QED) is 0.655. The summed E-state index contributed by atoms with van der Waals surface area (Å²) in [5.74, 6) is 0. The van der Waals surface area contributed by atoms with Gasteiger partial charge in [-0.25, -0.2) is 0 Å². The van der Waals surface area contributed by atoms with Crippen molar-refractivity contribution < 1.29 is 13.2 Å².